The van der Waals surface area contributed by atoms with Gasteiger partial charge in [-0.15, -0.1) is 0 Å². The number of anilines is 2. The number of carbonyl (C=O) groups is 1. The second-order valence-corrected chi connectivity index (χ2v) is 3.72. The van der Waals surface area contributed by atoms with E-state index in [0.29, 0.717) is 22.5 Å². The molecule has 0 bridgehead atoms. The van der Waals surface area contributed by atoms with E-state index in [1.165, 1.54) is 6.07 Å². The van der Waals surface area contributed by atoms with Gasteiger partial charge in [0, 0.05) is 6.07 Å². The fraction of sp³-hybridized carbons (Fsp3) is 0.200. The van der Waals surface area contributed by atoms with Crippen molar-refractivity contribution in [3.05, 3.63) is 22.7 Å². The Balaban J connectivity index is 2.43. The number of nitrogens with two attached hydrogens (primary N) is 2. The van der Waals surface area contributed by atoms with E-state index in [-0.39, 0.29) is 0 Å². The second kappa shape index (κ2) is 3.85. The third kappa shape index (κ3) is 2.07. The standard InChI is InChI=1S/C10H12N4O3/c1-4(9(12)15)13-6-3-7-8(2-5(6)11)17-10(16)14-7/h2-4,13H,11H2,1H3,(H2,12,15)(H,14,16). The molecule has 6 N–H and O–H groups in total. The molecule has 1 aromatic heterocycles. The molecule has 0 aliphatic rings. The van der Waals surface area contributed by atoms with Crippen molar-refractivity contribution in [2.45, 2.75) is 13.0 Å². The summed E-state index contributed by atoms with van der Waals surface area (Å²) in [5, 5.41) is 2.85. The number of rotatable bonds is 3. The van der Waals surface area contributed by atoms with Crippen LogP contribution in [0.2, 0.25) is 0 Å². The van der Waals surface area contributed by atoms with Gasteiger partial charge < -0.3 is 21.2 Å². The van der Waals surface area contributed by atoms with Gasteiger partial charge in [0.1, 0.15) is 6.04 Å². The first-order valence-electron chi connectivity index (χ1n) is 4.95. The quantitative estimate of drug-likeness (QED) is 0.557. The van der Waals surface area contributed by atoms with Crippen molar-refractivity contribution >= 4 is 28.4 Å². The Morgan fingerprint density at radius 2 is 2.24 bits per heavy atom. The Kier molecular flexibility index (Phi) is 2.51. The van der Waals surface area contributed by atoms with E-state index in [4.69, 9.17) is 15.9 Å². The van der Waals surface area contributed by atoms with Gasteiger partial charge in [-0.2, -0.15) is 0 Å². The highest BCUT2D eigenvalue weighted by atomic mass is 16.4. The lowest BCUT2D eigenvalue weighted by atomic mass is 10.2. The van der Waals surface area contributed by atoms with E-state index >= 15 is 0 Å². The summed E-state index contributed by atoms with van der Waals surface area (Å²) in [5.74, 6) is -1.05. The predicted molar refractivity (Wildman–Crippen MR) is 63.5 cm³/mol. The average molecular weight is 236 g/mol. The molecular weight excluding hydrogens is 224 g/mol. The number of H-pyrrole nitrogens is 1. The van der Waals surface area contributed by atoms with Gasteiger partial charge in [0.2, 0.25) is 5.91 Å². The lowest BCUT2D eigenvalue weighted by Gasteiger charge is -2.13. The average Bonchev–Trinajstić information content (AvgIpc) is 2.57. The van der Waals surface area contributed by atoms with Crippen LogP contribution < -0.4 is 22.5 Å². The van der Waals surface area contributed by atoms with Crippen LogP contribution in [0.15, 0.2) is 21.3 Å². The summed E-state index contributed by atoms with van der Waals surface area (Å²) in [6.45, 7) is 1.62. The van der Waals surface area contributed by atoms with Crippen molar-refractivity contribution in [1.29, 1.82) is 0 Å². The highest BCUT2D eigenvalue weighted by Gasteiger charge is 2.12. The Labute approximate surface area is 95.8 Å². The van der Waals surface area contributed by atoms with Crippen LogP contribution in [0.3, 0.4) is 0 Å². The second-order valence-electron chi connectivity index (χ2n) is 3.72. The van der Waals surface area contributed by atoms with Crippen molar-refractivity contribution in [2.24, 2.45) is 5.73 Å². The Morgan fingerprint density at radius 1 is 1.53 bits per heavy atom. The number of carbonyl (C=O) groups excluding carboxylic acids is 1. The number of nitrogens with one attached hydrogen (secondary N) is 2. The number of amides is 1. The highest BCUT2D eigenvalue weighted by Crippen LogP contribution is 2.24. The normalized spacial score (nSPS) is 12.5. The van der Waals surface area contributed by atoms with Gasteiger partial charge in [-0.3, -0.25) is 9.78 Å². The van der Waals surface area contributed by atoms with Crippen LogP contribution >= 0.6 is 0 Å². The number of aromatic amines is 1. The first kappa shape index (κ1) is 11.1. The first-order chi connectivity index (χ1) is 7.97. The van der Waals surface area contributed by atoms with E-state index in [1.807, 2.05) is 0 Å². The van der Waals surface area contributed by atoms with Gasteiger partial charge in [0.05, 0.1) is 16.9 Å². The topological polar surface area (TPSA) is 127 Å². The fourth-order valence-corrected chi connectivity index (χ4v) is 1.44. The molecule has 90 valence electrons. The molecular formula is C10H12N4O3. The number of hydrogen-bond acceptors (Lipinski definition) is 5. The lowest BCUT2D eigenvalue weighted by molar-refractivity contribution is -0.118. The number of hydrogen-bond donors (Lipinski definition) is 4. The SMILES string of the molecule is CC(Nc1cc2[nH]c(=O)oc2cc1N)C(N)=O. The molecule has 17 heavy (non-hydrogen) atoms. The van der Waals surface area contributed by atoms with Crippen LogP contribution in [-0.4, -0.2) is 16.9 Å². The molecule has 1 unspecified atom stereocenters. The third-order valence-corrected chi connectivity index (χ3v) is 2.39. The van der Waals surface area contributed by atoms with Crippen molar-refractivity contribution in [3.63, 3.8) is 0 Å². The number of nitrogen functional groups attached to an aromatic ring is 1. The molecule has 0 saturated heterocycles. The zero-order valence-corrected chi connectivity index (χ0v) is 9.11. The summed E-state index contributed by atoms with van der Waals surface area (Å²) in [4.78, 5) is 24.4. The van der Waals surface area contributed by atoms with E-state index in [9.17, 15) is 9.59 Å². The molecule has 1 heterocycles. The van der Waals surface area contributed by atoms with Crippen molar-refractivity contribution in [3.8, 4) is 0 Å². The lowest BCUT2D eigenvalue weighted by Crippen LogP contribution is -2.32. The molecule has 7 heteroatoms. The molecule has 0 spiro atoms. The predicted octanol–water partition coefficient (Wildman–Crippen LogP) is -0.0110. The minimum atomic E-state index is -0.562. The Bertz CT molecular complexity index is 628. The van der Waals surface area contributed by atoms with Gasteiger partial charge in [-0.05, 0) is 13.0 Å². The van der Waals surface area contributed by atoms with Gasteiger partial charge in [-0.25, -0.2) is 4.79 Å². The molecule has 0 aliphatic carbocycles. The molecule has 1 amide bonds. The Hall–Kier alpha value is -2.44. The van der Waals surface area contributed by atoms with Crippen molar-refractivity contribution in [1.82, 2.24) is 4.98 Å². The van der Waals surface area contributed by atoms with E-state index in [1.54, 1.807) is 13.0 Å². The molecule has 0 aliphatic heterocycles. The van der Waals surface area contributed by atoms with Crippen LogP contribution in [-0.2, 0) is 4.79 Å². The van der Waals surface area contributed by atoms with Crippen LogP contribution in [0.5, 0.6) is 0 Å². The largest absolute Gasteiger partial charge is 0.417 e. The molecule has 2 aromatic rings. The number of aromatic nitrogens is 1. The molecule has 7 nitrogen and oxygen atoms in total. The fourth-order valence-electron chi connectivity index (χ4n) is 1.44. The zero-order valence-electron chi connectivity index (χ0n) is 9.11. The minimum absolute atomic E-state index is 0.366. The van der Waals surface area contributed by atoms with Crippen LogP contribution in [0, 0.1) is 0 Å². The van der Waals surface area contributed by atoms with Gasteiger partial charge in [0.15, 0.2) is 5.58 Å². The van der Waals surface area contributed by atoms with Crippen LogP contribution in [0.1, 0.15) is 6.92 Å². The van der Waals surface area contributed by atoms with Crippen molar-refractivity contribution in [2.75, 3.05) is 11.1 Å². The zero-order chi connectivity index (χ0) is 12.6. The van der Waals surface area contributed by atoms with Gasteiger partial charge >= 0.3 is 5.76 Å². The molecule has 0 saturated carbocycles. The van der Waals surface area contributed by atoms with E-state index in [2.05, 4.69) is 10.3 Å². The monoisotopic (exact) mass is 236 g/mol. The van der Waals surface area contributed by atoms with Crippen LogP contribution in [0.4, 0.5) is 11.4 Å². The maximum absolute atomic E-state index is 11.0. The third-order valence-electron chi connectivity index (χ3n) is 2.39. The summed E-state index contributed by atoms with van der Waals surface area (Å²) in [5.41, 5.74) is 12.6. The smallest absolute Gasteiger partial charge is 0.408 e. The summed E-state index contributed by atoms with van der Waals surface area (Å²) in [6, 6.07) is 2.53. The summed E-state index contributed by atoms with van der Waals surface area (Å²) in [6.07, 6.45) is 0. The number of primary amides is 1. The minimum Gasteiger partial charge on any atom is -0.408 e. The molecule has 1 aromatic carbocycles. The maximum Gasteiger partial charge on any atom is 0.417 e. The molecule has 0 fully saturated rings. The van der Waals surface area contributed by atoms with Crippen LogP contribution in [0.25, 0.3) is 11.1 Å². The Morgan fingerprint density at radius 3 is 2.88 bits per heavy atom. The summed E-state index contributed by atoms with van der Waals surface area (Å²) >= 11 is 0. The summed E-state index contributed by atoms with van der Waals surface area (Å²) < 4.78 is 4.85. The molecule has 2 rings (SSSR count). The molecule has 0 radical (unpaired) electrons. The van der Waals surface area contributed by atoms with E-state index < -0.39 is 17.7 Å². The number of oxazole rings is 1. The van der Waals surface area contributed by atoms with Gasteiger partial charge in [-0.1, -0.05) is 0 Å². The first-order valence-corrected chi connectivity index (χ1v) is 4.95. The number of benzene rings is 1. The molecule has 1 atom stereocenters. The summed E-state index contributed by atoms with van der Waals surface area (Å²) in [7, 11) is 0. The number of fused-ring (bicyclic) bond motifs is 1. The van der Waals surface area contributed by atoms with Gasteiger partial charge in [0.25, 0.3) is 0 Å². The highest BCUT2D eigenvalue weighted by molar-refractivity contribution is 5.88. The van der Waals surface area contributed by atoms with Crippen molar-refractivity contribution < 1.29 is 9.21 Å². The maximum atomic E-state index is 11.0. The van der Waals surface area contributed by atoms with E-state index in [0.717, 1.165) is 0 Å².